The molecule has 6 nitrogen and oxygen atoms in total. The normalized spacial score (nSPS) is 19.5. The number of hydrogen-bond acceptors (Lipinski definition) is 5. The van der Waals surface area contributed by atoms with Gasteiger partial charge < -0.3 is 4.42 Å². The molecule has 0 N–H and O–H groups in total. The van der Waals surface area contributed by atoms with Crippen LogP contribution in [-0.4, -0.2) is 20.0 Å². The Labute approximate surface area is 126 Å². The lowest BCUT2D eigenvalue weighted by atomic mass is 10.1. The second-order valence-corrected chi connectivity index (χ2v) is 6.51. The lowest BCUT2D eigenvalue weighted by molar-refractivity contribution is 0.474. The maximum Gasteiger partial charge on any atom is 0.274 e. The van der Waals surface area contributed by atoms with Gasteiger partial charge in [0.2, 0.25) is 5.89 Å². The van der Waals surface area contributed by atoms with Crippen molar-refractivity contribution in [1.82, 2.24) is 20.0 Å². The van der Waals surface area contributed by atoms with Crippen molar-refractivity contribution in [3.63, 3.8) is 0 Å². The highest BCUT2D eigenvalue weighted by atomic mass is 16.4. The van der Waals surface area contributed by atoms with E-state index in [0.717, 1.165) is 11.8 Å². The molecule has 0 aliphatic heterocycles. The fraction of sp³-hybridized carbons (Fsp3) is 0.375. The summed E-state index contributed by atoms with van der Waals surface area (Å²) < 4.78 is 7.14. The summed E-state index contributed by atoms with van der Waals surface area (Å²) in [6.07, 6.45) is 1.05. The minimum absolute atomic E-state index is 0.137. The minimum Gasteiger partial charge on any atom is -0.419 e. The Balaban J connectivity index is 1.88. The van der Waals surface area contributed by atoms with Gasteiger partial charge in [0, 0.05) is 18.4 Å². The van der Waals surface area contributed by atoms with Gasteiger partial charge in [0.1, 0.15) is 0 Å². The topological polar surface area (TPSA) is 73.8 Å². The second-order valence-electron chi connectivity index (χ2n) is 6.51. The van der Waals surface area contributed by atoms with Crippen LogP contribution in [0.4, 0.5) is 0 Å². The summed E-state index contributed by atoms with van der Waals surface area (Å²) in [4.78, 5) is 12.2. The summed E-state index contributed by atoms with van der Waals surface area (Å²) in [5, 5.41) is 13.9. The van der Waals surface area contributed by atoms with Gasteiger partial charge in [0.25, 0.3) is 11.4 Å². The van der Waals surface area contributed by atoms with Gasteiger partial charge in [-0.15, -0.1) is 10.2 Å². The Bertz CT molecular complexity index is 939. The SMILES string of the molecule is Cn1nc(-c2nnc(C3CC3(C)C)o2)c2ccccc2c1=O. The molecule has 1 aromatic carbocycles. The van der Waals surface area contributed by atoms with Gasteiger partial charge >= 0.3 is 0 Å². The molecule has 0 amide bonds. The molecule has 4 rings (SSSR count). The number of rotatable bonds is 2. The number of benzene rings is 1. The van der Waals surface area contributed by atoms with Crippen molar-refractivity contribution in [2.75, 3.05) is 0 Å². The smallest absolute Gasteiger partial charge is 0.274 e. The van der Waals surface area contributed by atoms with Crippen LogP contribution < -0.4 is 5.56 Å². The van der Waals surface area contributed by atoms with Crippen molar-refractivity contribution < 1.29 is 4.42 Å². The number of fused-ring (bicyclic) bond motifs is 1. The van der Waals surface area contributed by atoms with E-state index in [-0.39, 0.29) is 11.0 Å². The molecule has 3 aromatic rings. The van der Waals surface area contributed by atoms with E-state index in [1.165, 1.54) is 4.68 Å². The molecule has 1 saturated carbocycles. The molecule has 1 unspecified atom stereocenters. The Morgan fingerprint density at radius 2 is 1.91 bits per heavy atom. The summed E-state index contributed by atoms with van der Waals surface area (Å²) in [5.41, 5.74) is 0.639. The quantitative estimate of drug-likeness (QED) is 0.726. The van der Waals surface area contributed by atoms with E-state index < -0.39 is 0 Å². The molecule has 1 atom stereocenters. The summed E-state index contributed by atoms with van der Waals surface area (Å²) in [7, 11) is 1.62. The molecule has 1 fully saturated rings. The fourth-order valence-corrected chi connectivity index (χ4v) is 2.82. The molecule has 2 aromatic heterocycles. The van der Waals surface area contributed by atoms with E-state index in [0.29, 0.717) is 28.8 Å². The summed E-state index contributed by atoms with van der Waals surface area (Å²) >= 11 is 0. The largest absolute Gasteiger partial charge is 0.419 e. The standard InChI is InChI=1S/C16H16N4O2/c1-16(2)8-11(16)13-17-18-14(22-13)12-9-6-4-5-7-10(9)15(21)20(3)19-12/h4-7,11H,8H2,1-3H3. The highest BCUT2D eigenvalue weighted by Gasteiger charge is 2.50. The zero-order chi connectivity index (χ0) is 15.5. The van der Waals surface area contributed by atoms with E-state index in [4.69, 9.17) is 4.42 Å². The lowest BCUT2D eigenvalue weighted by Gasteiger charge is -2.04. The van der Waals surface area contributed by atoms with Crippen LogP contribution in [0.25, 0.3) is 22.4 Å². The minimum atomic E-state index is -0.137. The van der Waals surface area contributed by atoms with Crippen molar-refractivity contribution in [2.24, 2.45) is 12.5 Å². The van der Waals surface area contributed by atoms with Gasteiger partial charge in [-0.3, -0.25) is 4.79 Å². The zero-order valence-electron chi connectivity index (χ0n) is 12.7. The Kier molecular flexibility index (Phi) is 2.55. The summed E-state index contributed by atoms with van der Waals surface area (Å²) in [6, 6.07) is 7.34. The molecule has 0 radical (unpaired) electrons. The van der Waals surface area contributed by atoms with Crippen molar-refractivity contribution >= 4 is 10.8 Å². The molecule has 0 bridgehead atoms. The highest BCUT2D eigenvalue weighted by Crippen LogP contribution is 2.58. The van der Waals surface area contributed by atoms with E-state index in [1.807, 2.05) is 18.2 Å². The van der Waals surface area contributed by atoms with Crippen LogP contribution in [0.1, 0.15) is 32.1 Å². The molecule has 112 valence electrons. The summed E-state index contributed by atoms with van der Waals surface area (Å²) in [5.74, 6) is 1.33. The molecular formula is C16H16N4O2. The number of aryl methyl sites for hydroxylation is 1. The van der Waals surface area contributed by atoms with Crippen LogP contribution >= 0.6 is 0 Å². The third-order valence-electron chi connectivity index (χ3n) is 4.41. The van der Waals surface area contributed by atoms with E-state index in [1.54, 1.807) is 13.1 Å². The molecule has 1 aliphatic rings. The molecule has 22 heavy (non-hydrogen) atoms. The lowest BCUT2D eigenvalue weighted by Crippen LogP contribution is -2.20. The van der Waals surface area contributed by atoms with Gasteiger partial charge in [0.05, 0.1) is 5.39 Å². The van der Waals surface area contributed by atoms with E-state index >= 15 is 0 Å². The number of hydrogen-bond donors (Lipinski definition) is 0. The predicted octanol–water partition coefficient (Wildman–Crippen LogP) is 2.50. The summed E-state index contributed by atoms with van der Waals surface area (Å²) in [6.45, 7) is 4.36. The first-order valence-corrected chi connectivity index (χ1v) is 7.27. The molecule has 1 aliphatic carbocycles. The molecule has 0 saturated heterocycles. The third kappa shape index (κ3) is 1.87. The first-order chi connectivity index (χ1) is 10.5. The van der Waals surface area contributed by atoms with Crippen LogP contribution in [0.2, 0.25) is 0 Å². The Hall–Kier alpha value is -2.50. The first-order valence-electron chi connectivity index (χ1n) is 7.27. The van der Waals surface area contributed by atoms with Crippen molar-refractivity contribution in [2.45, 2.75) is 26.2 Å². The molecular weight excluding hydrogens is 280 g/mol. The van der Waals surface area contributed by atoms with Gasteiger partial charge in [-0.25, -0.2) is 4.68 Å². The van der Waals surface area contributed by atoms with Crippen LogP contribution in [-0.2, 0) is 7.05 Å². The van der Waals surface area contributed by atoms with Crippen LogP contribution in [0, 0.1) is 5.41 Å². The number of aromatic nitrogens is 4. The van der Waals surface area contributed by atoms with Gasteiger partial charge in [-0.2, -0.15) is 5.10 Å². The second kappa shape index (κ2) is 4.25. The van der Waals surface area contributed by atoms with E-state index in [9.17, 15) is 4.79 Å². The average Bonchev–Trinajstić information content (AvgIpc) is 2.93. The number of nitrogens with zero attached hydrogens (tertiary/aromatic N) is 4. The molecule has 6 heteroatoms. The maximum atomic E-state index is 12.2. The van der Waals surface area contributed by atoms with Gasteiger partial charge in [0.15, 0.2) is 5.69 Å². The predicted molar refractivity (Wildman–Crippen MR) is 81.4 cm³/mol. The van der Waals surface area contributed by atoms with Gasteiger partial charge in [-0.1, -0.05) is 32.0 Å². The Morgan fingerprint density at radius 3 is 2.59 bits per heavy atom. The van der Waals surface area contributed by atoms with Crippen molar-refractivity contribution in [1.29, 1.82) is 0 Å². The monoisotopic (exact) mass is 296 g/mol. The van der Waals surface area contributed by atoms with Crippen LogP contribution in [0.5, 0.6) is 0 Å². The zero-order valence-corrected chi connectivity index (χ0v) is 12.7. The van der Waals surface area contributed by atoms with Crippen LogP contribution in [0.15, 0.2) is 33.5 Å². The molecule has 2 heterocycles. The Morgan fingerprint density at radius 1 is 1.23 bits per heavy atom. The first kappa shape index (κ1) is 13.2. The van der Waals surface area contributed by atoms with Crippen molar-refractivity contribution in [3.8, 4) is 11.6 Å². The highest BCUT2D eigenvalue weighted by molar-refractivity contribution is 5.91. The third-order valence-corrected chi connectivity index (χ3v) is 4.41. The van der Waals surface area contributed by atoms with Crippen LogP contribution in [0.3, 0.4) is 0 Å². The molecule has 0 spiro atoms. The fourth-order valence-electron chi connectivity index (χ4n) is 2.82. The van der Waals surface area contributed by atoms with Gasteiger partial charge in [-0.05, 0) is 17.9 Å². The van der Waals surface area contributed by atoms with E-state index in [2.05, 4.69) is 29.1 Å². The average molecular weight is 296 g/mol. The maximum absolute atomic E-state index is 12.2. The van der Waals surface area contributed by atoms with Crippen molar-refractivity contribution in [3.05, 3.63) is 40.5 Å².